The number of hydrogen-bond donors (Lipinski definition) is 2. The van der Waals surface area contributed by atoms with E-state index in [2.05, 4.69) is 11.9 Å². The smallest absolute Gasteiger partial charge is 0.0867 e. The van der Waals surface area contributed by atoms with Gasteiger partial charge in [0.2, 0.25) is 0 Å². The average molecular weight is 172 g/mol. The van der Waals surface area contributed by atoms with Crippen molar-refractivity contribution in [1.29, 1.82) is 0 Å². The normalized spacial score (nSPS) is 23.8. The van der Waals surface area contributed by atoms with Crippen molar-refractivity contribution in [3.63, 3.8) is 0 Å². The van der Waals surface area contributed by atoms with Crippen LogP contribution in [0.2, 0.25) is 0 Å². The summed E-state index contributed by atoms with van der Waals surface area (Å²) in [6, 6.07) is 0.683. The van der Waals surface area contributed by atoms with Crippen molar-refractivity contribution in [1.82, 2.24) is 4.90 Å². The third-order valence-electron chi connectivity index (χ3n) is 2.73. The van der Waals surface area contributed by atoms with Crippen LogP contribution in [0.3, 0.4) is 0 Å². The van der Waals surface area contributed by atoms with Crippen LogP contribution >= 0.6 is 0 Å². The zero-order valence-electron chi connectivity index (χ0n) is 8.08. The fraction of sp³-hybridized carbons (Fsp3) is 1.00. The van der Waals surface area contributed by atoms with Crippen molar-refractivity contribution in [2.45, 2.75) is 37.8 Å². The monoisotopic (exact) mass is 172 g/mol. The predicted octanol–water partition coefficient (Wildman–Crippen LogP) is 0.180. The lowest BCUT2D eigenvalue weighted by Crippen LogP contribution is -2.49. The van der Waals surface area contributed by atoms with Gasteiger partial charge < -0.3 is 15.7 Å². The lowest BCUT2D eigenvalue weighted by Gasteiger charge is -2.38. The second kappa shape index (κ2) is 3.73. The Morgan fingerprint density at radius 2 is 2.17 bits per heavy atom. The molecule has 1 atom stereocenters. The first-order chi connectivity index (χ1) is 5.55. The Hall–Kier alpha value is -0.120. The quantitative estimate of drug-likeness (QED) is 0.636. The highest BCUT2D eigenvalue weighted by molar-refractivity contribution is 4.84. The van der Waals surface area contributed by atoms with Gasteiger partial charge in [-0.3, -0.25) is 0 Å². The van der Waals surface area contributed by atoms with Crippen LogP contribution in [0.4, 0.5) is 0 Å². The van der Waals surface area contributed by atoms with E-state index in [1.165, 1.54) is 19.3 Å². The van der Waals surface area contributed by atoms with E-state index in [1.54, 1.807) is 6.92 Å². The maximum atomic E-state index is 9.70. The van der Waals surface area contributed by atoms with Crippen molar-refractivity contribution in [2.75, 3.05) is 20.1 Å². The average Bonchev–Trinajstić information content (AvgIpc) is 1.82. The molecule has 3 nitrogen and oxygen atoms in total. The Bertz CT molecular complexity index is 143. The Morgan fingerprint density at radius 3 is 2.50 bits per heavy atom. The van der Waals surface area contributed by atoms with Crippen molar-refractivity contribution in [3.05, 3.63) is 0 Å². The zero-order chi connectivity index (χ0) is 9.19. The summed E-state index contributed by atoms with van der Waals surface area (Å²) < 4.78 is 0. The molecular formula is C9H20N2O. The van der Waals surface area contributed by atoms with Gasteiger partial charge in [0.1, 0.15) is 0 Å². The highest BCUT2D eigenvalue weighted by atomic mass is 16.3. The molecule has 1 fully saturated rings. The molecule has 0 amide bonds. The molecule has 1 aliphatic carbocycles. The summed E-state index contributed by atoms with van der Waals surface area (Å²) in [5, 5.41) is 9.70. The highest BCUT2D eigenvalue weighted by Gasteiger charge is 2.27. The van der Waals surface area contributed by atoms with Crippen molar-refractivity contribution >= 4 is 0 Å². The standard InChI is InChI=1S/C9H20N2O/c1-9(12,6-10)7-11(2)8-4-3-5-8/h8,12H,3-7,10H2,1-2H3. The van der Waals surface area contributed by atoms with Gasteiger partial charge in [-0.2, -0.15) is 0 Å². The second-order valence-corrected chi connectivity index (χ2v) is 4.20. The van der Waals surface area contributed by atoms with Gasteiger partial charge in [-0.1, -0.05) is 6.42 Å². The second-order valence-electron chi connectivity index (χ2n) is 4.20. The van der Waals surface area contributed by atoms with Gasteiger partial charge in [0.15, 0.2) is 0 Å². The number of hydrogen-bond acceptors (Lipinski definition) is 3. The Balaban J connectivity index is 2.28. The van der Waals surface area contributed by atoms with Crippen LogP contribution in [0.15, 0.2) is 0 Å². The molecule has 0 heterocycles. The molecule has 0 aliphatic heterocycles. The van der Waals surface area contributed by atoms with E-state index in [4.69, 9.17) is 5.73 Å². The third kappa shape index (κ3) is 2.44. The molecule has 0 aromatic carbocycles. The molecule has 0 aromatic rings. The third-order valence-corrected chi connectivity index (χ3v) is 2.73. The van der Waals surface area contributed by atoms with Crippen LogP contribution in [0, 0.1) is 0 Å². The molecule has 12 heavy (non-hydrogen) atoms. The summed E-state index contributed by atoms with van der Waals surface area (Å²) in [4.78, 5) is 2.22. The van der Waals surface area contributed by atoms with E-state index >= 15 is 0 Å². The van der Waals surface area contributed by atoms with Crippen molar-refractivity contribution < 1.29 is 5.11 Å². The first-order valence-electron chi connectivity index (χ1n) is 4.68. The van der Waals surface area contributed by atoms with E-state index in [9.17, 15) is 5.11 Å². The first kappa shape index (κ1) is 9.96. The van der Waals surface area contributed by atoms with Gasteiger partial charge in [-0.15, -0.1) is 0 Å². The van der Waals surface area contributed by atoms with Gasteiger partial charge in [0.05, 0.1) is 5.60 Å². The van der Waals surface area contributed by atoms with Crippen molar-refractivity contribution in [2.24, 2.45) is 5.73 Å². The van der Waals surface area contributed by atoms with Crippen LogP contribution in [0.25, 0.3) is 0 Å². The van der Waals surface area contributed by atoms with Gasteiger partial charge in [0.25, 0.3) is 0 Å². The number of aliphatic hydroxyl groups is 1. The van der Waals surface area contributed by atoms with E-state index in [-0.39, 0.29) is 0 Å². The maximum Gasteiger partial charge on any atom is 0.0867 e. The van der Waals surface area contributed by atoms with Crippen LogP contribution < -0.4 is 5.73 Å². The summed E-state index contributed by atoms with van der Waals surface area (Å²) in [6.45, 7) is 2.82. The fourth-order valence-corrected chi connectivity index (χ4v) is 1.56. The molecule has 0 bridgehead atoms. The van der Waals surface area contributed by atoms with Gasteiger partial charge in [-0.05, 0) is 26.8 Å². The summed E-state index contributed by atoms with van der Waals surface area (Å²) in [5.41, 5.74) is 4.72. The van der Waals surface area contributed by atoms with Gasteiger partial charge in [-0.25, -0.2) is 0 Å². The zero-order valence-corrected chi connectivity index (χ0v) is 8.08. The molecule has 1 unspecified atom stereocenters. The van der Waals surface area contributed by atoms with Gasteiger partial charge >= 0.3 is 0 Å². The number of nitrogens with two attached hydrogens (primary N) is 1. The molecule has 0 aromatic heterocycles. The number of nitrogens with zero attached hydrogens (tertiary/aromatic N) is 1. The summed E-state index contributed by atoms with van der Waals surface area (Å²) in [5.74, 6) is 0. The molecule has 0 saturated heterocycles. The van der Waals surface area contributed by atoms with E-state index in [0.717, 1.165) is 0 Å². The van der Waals surface area contributed by atoms with E-state index in [0.29, 0.717) is 19.1 Å². The lowest BCUT2D eigenvalue weighted by atomic mass is 9.91. The van der Waals surface area contributed by atoms with Gasteiger partial charge in [0, 0.05) is 19.1 Å². The number of likely N-dealkylation sites (N-methyl/N-ethyl adjacent to an activating group) is 1. The molecule has 3 heteroatoms. The lowest BCUT2D eigenvalue weighted by molar-refractivity contribution is 0.0104. The Kier molecular flexibility index (Phi) is 3.09. The van der Waals surface area contributed by atoms with E-state index in [1.807, 2.05) is 0 Å². The van der Waals surface area contributed by atoms with Crippen LogP contribution in [0.1, 0.15) is 26.2 Å². The molecular weight excluding hydrogens is 152 g/mol. The van der Waals surface area contributed by atoms with Crippen LogP contribution in [-0.4, -0.2) is 41.8 Å². The molecule has 0 radical (unpaired) electrons. The topological polar surface area (TPSA) is 49.5 Å². The fourth-order valence-electron chi connectivity index (χ4n) is 1.56. The highest BCUT2D eigenvalue weighted by Crippen LogP contribution is 2.24. The largest absolute Gasteiger partial charge is 0.388 e. The first-order valence-corrected chi connectivity index (χ1v) is 4.68. The minimum Gasteiger partial charge on any atom is -0.388 e. The van der Waals surface area contributed by atoms with Crippen molar-refractivity contribution in [3.8, 4) is 0 Å². The molecule has 1 saturated carbocycles. The number of rotatable bonds is 4. The SMILES string of the molecule is CN(CC(C)(O)CN)C1CCC1. The molecule has 1 rings (SSSR count). The maximum absolute atomic E-state index is 9.70. The Labute approximate surface area is 74.5 Å². The minimum absolute atomic E-state index is 0.337. The predicted molar refractivity (Wildman–Crippen MR) is 49.9 cm³/mol. The molecule has 72 valence electrons. The summed E-state index contributed by atoms with van der Waals surface area (Å²) >= 11 is 0. The minimum atomic E-state index is -0.718. The van der Waals surface area contributed by atoms with E-state index < -0.39 is 5.60 Å². The van der Waals surface area contributed by atoms with Crippen LogP contribution in [0.5, 0.6) is 0 Å². The Morgan fingerprint density at radius 1 is 1.58 bits per heavy atom. The molecule has 1 aliphatic rings. The summed E-state index contributed by atoms with van der Waals surface area (Å²) in [6.07, 6.45) is 3.88. The molecule has 3 N–H and O–H groups in total. The van der Waals surface area contributed by atoms with Crippen LogP contribution in [-0.2, 0) is 0 Å². The summed E-state index contributed by atoms with van der Waals surface area (Å²) in [7, 11) is 2.06. The molecule has 0 spiro atoms.